The lowest BCUT2D eigenvalue weighted by molar-refractivity contribution is 0.0485. The molecule has 2 rings (SSSR count). The molecule has 1 aromatic heterocycles. The lowest BCUT2D eigenvalue weighted by Gasteiger charge is -2.09. The number of esters is 1. The van der Waals surface area contributed by atoms with Crippen molar-refractivity contribution < 1.29 is 13.9 Å². The fourth-order valence-electron chi connectivity index (χ4n) is 1.91. The van der Waals surface area contributed by atoms with Crippen LogP contribution in [-0.2, 0) is 11.3 Å². The molecule has 0 saturated heterocycles. The number of carbonyl (C=O) groups excluding carboxylic acids is 1. The number of halogens is 1. The summed E-state index contributed by atoms with van der Waals surface area (Å²) in [5.41, 5.74) is 5.76. The van der Waals surface area contributed by atoms with Crippen molar-refractivity contribution in [2.45, 2.75) is 13.5 Å². The number of hydrogen-bond donors (Lipinski definition) is 1. The van der Waals surface area contributed by atoms with Crippen molar-refractivity contribution in [3.05, 3.63) is 63.8 Å². The number of aryl methyl sites for hydroxylation is 1. The SMILES string of the molecule is Cc1cc(N)cc(C(=O)OCCn2ccccc2=O)c1F. The van der Waals surface area contributed by atoms with Crippen molar-refractivity contribution in [3.63, 3.8) is 0 Å². The van der Waals surface area contributed by atoms with Crippen LogP contribution in [-0.4, -0.2) is 17.1 Å². The Balaban J connectivity index is 2.03. The summed E-state index contributed by atoms with van der Waals surface area (Å²) in [6.45, 7) is 1.69. The van der Waals surface area contributed by atoms with E-state index < -0.39 is 11.8 Å². The maximum Gasteiger partial charge on any atom is 0.341 e. The Bertz CT molecular complexity index is 725. The molecule has 110 valence electrons. The van der Waals surface area contributed by atoms with Crippen LogP contribution in [0.4, 0.5) is 10.1 Å². The van der Waals surface area contributed by atoms with Gasteiger partial charge in [-0.2, -0.15) is 0 Å². The van der Waals surface area contributed by atoms with E-state index >= 15 is 0 Å². The lowest BCUT2D eigenvalue weighted by Crippen LogP contribution is -2.21. The molecule has 0 atom stereocenters. The maximum absolute atomic E-state index is 13.8. The molecular formula is C15H15FN2O3. The van der Waals surface area contributed by atoms with Gasteiger partial charge in [0.15, 0.2) is 0 Å². The van der Waals surface area contributed by atoms with Crippen LogP contribution < -0.4 is 11.3 Å². The maximum atomic E-state index is 13.8. The predicted octanol–water partition coefficient (Wildman–Crippen LogP) is 1.74. The van der Waals surface area contributed by atoms with Gasteiger partial charge in [-0.15, -0.1) is 0 Å². The van der Waals surface area contributed by atoms with Crippen LogP contribution in [0.2, 0.25) is 0 Å². The van der Waals surface area contributed by atoms with Crippen molar-refractivity contribution in [1.29, 1.82) is 0 Å². The zero-order valence-electron chi connectivity index (χ0n) is 11.5. The molecule has 0 fully saturated rings. The van der Waals surface area contributed by atoms with E-state index in [-0.39, 0.29) is 29.8 Å². The first-order valence-corrected chi connectivity index (χ1v) is 6.37. The van der Waals surface area contributed by atoms with E-state index in [1.807, 2.05) is 0 Å². The van der Waals surface area contributed by atoms with E-state index in [9.17, 15) is 14.0 Å². The van der Waals surface area contributed by atoms with Gasteiger partial charge in [-0.25, -0.2) is 9.18 Å². The van der Waals surface area contributed by atoms with Crippen LogP contribution >= 0.6 is 0 Å². The highest BCUT2D eigenvalue weighted by Gasteiger charge is 2.16. The molecule has 0 aliphatic heterocycles. The average molecular weight is 290 g/mol. The van der Waals surface area contributed by atoms with Crippen LogP contribution in [0.1, 0.15) is 15.9 Å². The van der Waals surface area contributed by atoms with E-state index in [2.05, 4.69) is 0 Å². The Kier molecular flexibility index (Phi) is 4.37. The number of aromatic nitrogens is 1. The number of carbonyl (C=O) groups is 1. The molecule has 1 heterocycles. The lowest BCUT2D eigenvalue weighted by atomic mass is 10.1. The number of hydrogen-bond acceptors (Lipinski definition) is 4. The molecule has 0 unspecified atom stereocenters. The fraction of sp³-hybridized carbons (Fsp3) is 0.200. The van der Waals surface area contributed by atoms with E-state index in [4.69, 9.17) is 10.5 Å². The van der Waals surface area contributed by atoms with Crippen molar-refractivity contribution in [2.75, 3.05) is 12.3 Å². The van der Waals surface area contributed by atoms with Crippen molar-refractivity contribution in [1.82, 2.24) is 4.57 Å². The van der Waals surface area contributed by atoms with Crippen LogP contribution in [0.5, 0.6) is 0 Å². The van der Waals surface area contributed by atoms with Crippen LogP contribution in [0, 0.1) is 12.7 Å². The van der Waals surface area contributed by atoms with Gasteiger partial charge in [0.25, 0.3) is 5.56 Å². The van der Waals surface area contributed by atoms with Gasteiger partial charge in [0.05, 0.1) is 12.1 Å². The molecule has 0 spiro atoms. The van der Waals surface area contributed by atoms with Gasteiger partial charge < -0.3 is 15.0 Å². The molecule has 2 aromatic rings. The molecule has 0 amide bonds. The topological polar surface area (TPSA) is 74.3 Å². The molecule has 0 radical (unpaired) electrons. The molecule has 21 heavy (non-hydrogen) atoms. The van der Waals surface area contributed by atoms with Crippen LogP contribution in [0.25, 0.3) is 0 Å². The Morgan fingerprint density at radius 2 is 2.14 bits per heavy atom. The molecule has 0 aliphatic carbocycles. The second kappa shape index (κ2) is 6.21. The Labute approximate surface area is 120 Å². The summed E-state index contributed by atoms with van der Waals surface area (Å²) >= 11 is 0. The van der Waals surface area contributed by atoms with Gasteiger partial charge in [0, 0.05) is 18.0 Å². The zero-order valence-corrected chi connectivity index (χ0v) is 11.5. The molecule has 0 saturated carbocycles. The first-order valence-electron chi connectivity index (χ1n) is 6.37. The van der Waals surface area contributed by atoms with Crippen molar-refractivity contribution >= 4 is 11.7 Å². The molecule has 6 heteroatoms. The number of nitrogen functional groups attached to an aromatic ring is 1. The number of pyridine rings is 1. The first-order chi connectivity index (χ1) is 9.99. The number of nitrogens with two attached hydrogens (primary N) is 1. The highest BCUT2D eigenvalue weighted by molar-refractivity contribution is 5.91. The summed E-state index contributed by atoms with van der Waals surface area (Å²) in [6.07, 6.45) is 1.58. The average Bonchev–Trinajstić information content (AvgIpc) is 2.44. The van der Waals surface area contributed by atoms with E-state index in [1.54, 1.807) is 18.3 Å². The van der Waals surface area contributed by atoms with Crippen LogP contribution in [0.3, 0.4) is 0 Å². The summed E-state index contributed by atoms with van der Waals surface area (Å²) in [4.78, 5) is 23.3. The van der Waals surface area contributed by atoms with Gasteiger partial charge in [-0.1, -0.05) is 6.07 Å². The highest BCUT2D eigenvalue weighted by Crippen LogP contribution is 2.17. The first kappa shape index (κ1) is 14.8. The van der Waals surface area contributed by atoms with E-state index in [0.717, 1.165) is 0 Å². The molecule has 0 bridgehead atoms. The van der Waals surface area contributed by atoms with Gasteiger partial charge >= 0.3 is 5.97 Å². The Morgan fingerprint density at radius 3 is 2.86 bits per heavy atom. The summed E-state index contributed by atoms with van der Waals surface area (Å²) in [5, 5.41) is 0. The van der Waals surface area contributed by atoms with Gasteiger partial charge in [-0.05, 0) is 30.7 Å². The summed E-state index contributed by atoms with van der Waals surface area (Å²) < 4.78 is 20.2. The van der Waals surface area contributed by atoms with Gasteiger partial charge in [-0.3, -0.25) is 4.79 Å². The minimum atomic E-state index is -0.799. The molecule has 5 nitrogen and oxygen atoms in total. The quantitative estimate of drug-likeness (QED) is 0.687. The summed E-state index contributed by atoms with van der Waals surface area (Å²) in [7, 11) is 0. The third-order valence-corrected chi connectivity index (χ3v) is 2.96. The highest BCUT2D eigenvalue weighted by atomic mass is 19.1. The molecule has 1 aromatic carbocycles. The molecule has 2 N–H and O–H groups in total. The summed E-state index contributed by atoms with van der Waals surface area (Å²) in [6, 6.07) is 7.40. The zero-order chi connectivity index (χ0) is 15.4. The largest absolute Gasteiger partial charge is 0.460 e. The minimum Gasteiger partial charge on any atom is -0.460 e. The smallest absolute Gasteiger partial charge is 0.341 e. The molecular weight excluding hydrogens is 275 g/mol. The van der Waals surface area contributed by atoms with E-state index in [1.165, 1.54) is 29.7 Å². The van der Waals surface area contributed by atoms with Crippen molar-refractivity contribution in [2.24, 2.45) is 0 Å². The predicted molar refractivity (Wildman–Crippen MR) is 76.5 cm³/mol. The third-order valence-electron chi connectivity index (χ3n) is 2.96. The van der Waals surface area contributed by atoms with Crippen molar-refractivity contribution in [3.8, 4) is 0 Å². The second-order valence-corrected chi connectivity index (χ2v) is 4.57. The van der Waals surface area contributed by atoms with Gasteiger partial charge in [0.1, 0.15) is 12.4 Å². The third kappa shape index (κ3) is 3.47. The number of rotatable bonds is 4. The second-order valence-electron chi connectivity index (χ2n) is 4.57. The Morgan fingerprint density at radius 1 is 1.38 bits per heavy atom. The number of benzene rings is 1. The molecule has 0 aliphatic rings. The normalized spacial score (nSPS) is 10.4. The number of anilines is 1. The van der Waals surface area contributed by atoms with Crippen LogP contribution in [0.15, 0.2) is 41.3 Å². The number of ether oxygens (including phenoxy) is 1. The van der Waals surface area contributed by atoms with E-state index in [0.29, 0.717) is 5.69 Å². The summed E-state index contributed by atoms with van der Waals surface area (Å²) in [5.74, 6) is -1.45. The standard InChI is InChI=1S/C15H15FN2O3/c1-10-8-11(17)9-12(14(10)16)15(20)21-7-6-18-5-3-2-4-13(18)19/h2-5,8-9H,6-7,17H2,1H3. The minimum absolute atomic E-state index is 0.0317. The fourth-order valence-corrected chi connectivity index (χ4v) is 1.91. The monoisotopic (exact) mass is 290 g/mol. The Hall–Kier alpha value is -2.63. The number of nitrogens with zero attached hydrogens (tertiary/aromatic N) is 1. The van der Waals surface area contributed by atoms with Gasteiger partial charge in [0.2, 0.25) is 0 Å².